The zero-order valence-electron chi connectivity index (χ0n) is 11.4. The molecule has 0 amide bonds. The first kappa shape index (κ1) is 14.9. The van der Waals surface area contributed by atoms with Gasteiger partial charge in [0.05, 0.1) is 5.69 Å². The number of aryl methyl sites for hydroxylation is 1. The summed E-state index contributed by atoms with van der Waals surface area (Å²) in [5.41, 5.74) is 5.69. The summed E-state index contributed by atoms with van der Waals surface area (Å²) in [5.74, 6) is 0. The van der Waals surface area contributed by atoms with Crippen LogP contribution in [0, 0.1) is 6.92 Å². The second-order valence-electron chi connectivity index (χ2n) is 4.94. The molecule has 2 aromatic rings. The highest BCUT2D eigenvalue weighted by molar-refractivity contribution is 6.67. The van der Waals surface area contributed by atoms with E-state index in [4.69, 9.17) is 34.8 Å². The summed E-state index contributed by atoms with van der Waals surface area (Å²) in [6.07, 6.45) is 2.73. The molecule has 3 nitrogen and oxygen atoms in total. The molecule has 0 spiro atoms. The van der Waals surface area contributed by atoms with E-state index < -0.39 is 3.79 Å². The molecule has 0 atom stereocenters. The van der Waals surface area contributed by atoms with E-state index in [2.05, 4.69) is 16.6 Å². The summed E-state index contributed by atoms with van der Waals surface area (Å²) in [4.78, 5) is 0. The van der Waals surface area contributed by atoms with Crippen molar-refractivity contribution in [1.29, 1.82) is 0 Å². The average Bonchev–Trinajstić information content (AvgIpc) is 2.47. The summed E-state index contributed by atoms with van der Waals surface area (Å²) >= 11 is 18.5. The van der Waals surface area contributed by atoms with Gasteiger partial charge in [0.15, 0.2) is 0 Å². The summed E-state index contributed by atoms with van der Waals surface area (Å²) in [6.45, 7) is 2.81. The van der Waals surface area contributed by atoms with Gasteiger partial charge in [-0.1, -0.05) is 59.1 Å². The Labute approximate surface area is 138 Å². The van der Waals surface area contributed by atoms with Gasteiger partial charge in [0, 0.05) is 23.7 Å². The Morgan fingerprint density at radius 1 is 1.19 bits per heavy atom. The predicted octanol–water partition coefficient (Wildman–Crippen LogP) is 4.68. The van der Waals surface area contributed by atoms with Crippen molar-refractivity contribution in [3.8, 4) is 0 Å². The molecule has 0 aromatic heterocycles. The van der Waals surface area contributed by atoms with Crippen LogP contribution in [-0.2, 0) is 3.79 Å². The van der Waals surface area contributed by atoms with Gasteiger partial charge in [-0.25, -0.2) is 5.43 Å². The first-order valence-corrected chi connectivity index (χ1v) is 7.77. The van der Waals surface area contributed by atoms with Gasteiger partial charge in [-0.15, -0.1) is 0 Å². The maximum absolute atomic E-state index is 6.18. The Hall–Kier alpha value is -1.00. The van der Waals surface area contributed by atoms with Crippen molar-refractivity contribution in [2.24, 2.45) is 5.10 Å². The average molecular weight is 343 g/mol. The molecule has 1 heterocycles. The van der Waals surface area contributed by atoms with Gasteiger partial charge in [-0.2, -0.15) is 10.2 Å². The number of rotatable bonds is 1. The lowest BCUT2D eigenvalue weighted by molar-refractivity contribution is 0.634. The zero-order valence-corrected chi connectivity index (χ0v) is 13.7. The Kier molecular flexibility index (Phi) is 4.02. The van der Waals surface area contributed by atoms with E-state index in [0.717, 1.165) is 35.0 Å². The van der Waals surface area contributed by atoms with Crippen molar-refractivity contribution >= 4 is 57.5 Å². The van der Waals surface area contributed by atoms with Crippen molar-refractivity contribution in [3.63, 3.8) is 0 Å². The number of anilines is 1. The van der Waals surface area contributed by atoms with Crippen LogP contribution in [0.1, 0.15) is 17.5 Å². The summed E-state index contributed by atoms with van der Waals surface area (Å²) in [7, 11) is 0. The molecule has 0 saturated carbocycles. The minimum absolute atomic E-state index is 0.621. The fourth-order valence-electron chi connectivity index (χ4n) is 2.54. The molecule has 0 bridgehead atoms. The number of hydrazone groups is 1. The number of hydrogen-bond acceptors (Lipinski definition) is 3. The van der Waals surface area contributed by atoms with Crippen molar-refractivity contribution < 1.29 is 0 Å². The minimum atomic E-state index is -1.52. The summed E-state index contributed by atoms with van der Waals surface area (Å²) in [5, 5.41) is 8.20. The van der Waals surface area contributed by atoms with Crippen molar-refractivity contribution in [2.75, 3.05) is 11.7 Å². The third-order valence-corrected chi connectivity index (χ3v) is 4.08. The predicted molar refractivity (Wildman–Crippen MR) is 91.5 cm³/mol. The summed E-state index contributed by atoms with van der Waals surface area (Å²) in [6, 6.07) is 9.96. The Bertz CT molecular complexity index is 707. The van der Waals surface area contributed by atoms with Gasteiger partial charge in [0.2, 0.25) is 3.79 Å². The topological polar surface area (TPSA) is 27.6 Å². The Morgan fingerprint density at radius 2 is 1.90 bits per heavy atom. The fraction of sp³-hybridized carbons (Fsp3) is 0.267. The molecule has 0 aliphatic carbocycles. The van der Waals surface area contributed by atoms with Gasteiger partial charge in [-0.3, -0.25) is 0 Å². The molecule has 110 valence electrons. The molecule has 21 heavy (non-hydrogen) atoms. The third kappa shape index (κ3) is 2.84. The van der Waals surface area contributed by atoms with Crippen LogP contribution >= 0.6 is 34.8 Å². The van der Waals surface area contributed by atoms with Crippen LogP contribution in [0.3, 0.4) is 0 Å². The van der Waals surface area contributed by atoms with Gasteiger partial charge in [0.25, 0.3) is 0 Å². The maximum atomic E-state index is 6.18. The van der Waals surface area contributed by atoms with E-state index in [9.17, 15) is 0 Å². The highest BCUT2D eigenvalue weighted by Crippen LogP contribution is 2.46. The first-order valence-electron chi connectivity index (χ1n) is 6.64. The van der Waals surface area contributed by atoms with Crippen LogP contribution in [0.25, 0.3) is 10.8 Å². The van der Waals surface area contributed by atoms with E-state index >= 15 is 0 Å². The van der Waals surface area contributed by atoms with E-state index in [1.54, 1.807) is 5.12 Å². The van der Waals surface area contributed by atoms with Gasteiger partial charge < -0.3 is 0 Å². The quantitative estimate of drug-likeness (QED) is 0.762. The lowest BCUT2D eigenvalue weighted by Gasteiger charge is -2.29. The van der Waals surface area contributed by atoms with Gasteiger partial charge >= 0.3 is 0 Å². The van der Waals surface area contributed by atoms with Crippen LogP contribution in [-0.4, -0.2) is 12.8 Å². The number of alkyl halides is 3. The molecule has 0 radical (unpaired) electrons. The Morgan fingerprint density at radius 3 is 2.52 bits per heavy atom. The smallest absolute Gasteiger partial charge is 0.213 e. The number of nitrogens with one attached hydrogen (secondary N) is 1. The number of hydrazine groups is 1. The summed E-state index contributed by atoms with van der Waals surface area (Å²) < 4.78 is -1.52. The maximum Gasteiger partial charge on any atom is 0.218 e. The lowest BCUT2D eigenvalue weighted by Crippen LogP contribution is -2.38. The minimum Gasteiger partial charge on any atom is -0.213 e. The number of benzene rings is 2. The number of fused-ring (bicyclic) bond motifs is 1. The van der Waals surface area contributed by atoms with Gasteiger partial charge in [0.1, 0.15) is 0 Å². The second-order valence-corrected chi connectivity index (χ2v) is 7.22. The monoisotopic (exact) mass is 341 g/mol. The molecular weight excluding hydrogens is 329 g/mol. The molecule has 0 saturated heterocycles. The lowest BCUT2D eigenvalue weighted by atomic mass is 9.99. The van der Waals surface area contributed by atoms with Crippen molar-refractivity contribution in [1.82, 2.24) is 5.43 Å². The van der Waals surface area contributed by atoms with Crippen LogP contribution in [0.5, 0.6) is 0 Å². The number of halogens is 3. The molecule has 1 aliphatic rings. The highest BCUT2D eigenvalue weighted by atomic mass is 35.6. The van der Waals surface area contributed by atoms with Crippen LogP contribution in [0.2, 0.25) is 0 Å². The molecule has 6 heteroatoms. The van der Waals surface area contributed by atoms with E-state index in [1.165, 1.54) is 0 Å². The van der Waals surface area contributed by atoms with Crippen molar-refractivity contribution in [3.05, 3.63) is 41.5 Å². The number of hydrogen-bond donors (Lipinski definition) is 1. The largest absolute Gasteiger partial charge is 0.218 e. The van der Waals surface area contributed by atoms with Gasteiger partial charge in [-0.05, 0) is 30.4 Å². The van der Waals surface area contributed by atoms with Crippen LogP contribution in [0.15, 0.2) is 35.4 Å². The fourth-order valence-corrected chi connectivity index (χ4v) is 2.97. The molecule has 0 fully saturated rings. The molecule has 1 aliphatic heterocycles. The van der Waals surface area contributed by atoms with E-state index in [1.807, 2.05) is 37.4 Å². The van der Waals surface area contributed by atoms with E-state index in [0.29, 0.717) is 5.56 Å². The van der Waals surface area contributed by atoms with Crippen LogP contribution in [0.4, 0.5) is 5.69 Å². The molecular formula is C15H14Cl3N3. The van der Waals surface area contributed by atoms with Crippen LogP contribution < -0.4 is 10.5 Å². The number of nitrogens with zero attached hydrogens (tertiary/aromatic N) is 2. The highest BCUT2D eigenvalue weighted by Gasteiger charge is 2.31. The molecule has 0 unspecified atom stereocenters. The third-order valence-electron chi connectivity index (χ3n) is 3.47. The van der Waals surface area contributed by atoms with E-state index in [-0.39, 0.29) is 0 Å². The Balaban J connectivity index is 2.34. The molecule has 2 aromatic carbocycles. The molecule has 3 rings (SSSR count). The molecule has 1 N–H and O–H groups in total. The zero-order chi connectivity index (χ0) is 15.0. The second kappa shape index (κ2) is 5.65. The SMILES string of the molecule is Cc1cc(C(Cl)(Cl)Cl)c(N2N=CCCN2)c2ccccc12. The standard InChI is InChI=1S/C15H14Cl3N3/c1-10-9-13(15(16,17)18)14(21-19-7-4-8-20-21)12-6-3-2-5-11(10)12/h2-3,5-7,9,20H,4,8H2,1H3. The van der Waals surface area contributed by atoms with Crippen molar-refractivity contribution in [2.45, 2.75) is 17.1 Å². The first-order chi connectivity index (χ1) is 9.98. The normalized spacial score (nSPS) is 15.7.